The van der Waals surface area contributed by atoms with Gasteiger partial charge in [0, 0.05) is 12.5 Å². The van der Waals surface area contributed by atoms with Crippen molar-refractivity contribution in [2.75, 3.05) is 19.8 Å². The van der Waals surface area contributed by atoms with Gasteiger partial charge in [0.05, 0.1) is 25.2 Å². The van der Waals surface area contributed by atoms with Crippen molar-refractivity contribution < 1.29 is 19.4 Å². The van der Waals surface area contributed by atoms with Crippen LogP contribution in [0.1, 0.15) is 38.5 Å². The quantitative estimate of drug-likeness (QED) is 0.851. The normalized spacial score (nSPS) is 34.8. The Morgan fingerprint density at radius 3 is 2.25 bits per heavy atom. The molecule has 20 heavy (non-hydrogen) atoms. The Bertz CT molecular complexity index is 385. The fourth-order valence-corrected chi connectivity index (χ4v) is 3.59. The first kappa shape index (κ1) is 13.9. The summed E-state index contributed by atoms with van der Waals surface area (Å²) < 4.78 is 5.53. The number of morpholine rings is 1. The molecule has 3 fully saturated rings. The molecule has 1 atom stereocenters. The molecule has 1 unspecified atom stereocenters. The lowest BCUT2D eigenvalue weighted by Crippen LogP contribution is -2.52. The van der Waals surface area contributed by atoms with Gasteiger partial charge >= 0.3 is 5.97 Å². The van der Waals surface area contributed by atoms with E-state index < -0.39 is 5.97 Å². The standard InChI is InChI=1S/C15H23NO4/c17-14(11-3-5-12(6-4-11)15(18)19)16-7-8-20-9-13(16)10-1-2-10/h10-13H,1-9H2,(H,18,19). The largest absolute Gasteiger partial charge is 0.481 e. The summed E-state index contributed by atoms with van der Waals surface area (Å²) in [5, 5.41) is 9.02. The van der Waals surface area contributed by atoms with Crippen LogP contribution in [0.3, 0.4) is 0 Å². The zero-order valence-corrected chi connectivity index (χ0v) is 11.8. The number of amides is 1. The molecule has 3 rings (SSSR count). The number of ether oxygens (including phenoxy) is 1. The molecule has 1 heterocycles. The maximum atomic E-state index is 12.7. The van der Waals surface area contributed by atoms with Gasteiger partial charge < -0.3 is 14.7 Å². The van der Waals surface area contributed by atoms with E-state index in [1.165, 1.54) is 12.8 Å². The van der Waals surface area contributed by atoms with Crippen molar-refractivity contribution >= 4 is 11.9 Å². The van der Waals surface area contributed by atoms with Gasteiger partial charge in [-0.3, -0.25) is 9.59 Å². The van der Waals surface area contributed by atoms with Gasteiger partial charge in [0.2, 0.25) is 5.91 Å². The molecule has 1 amide bonds. The van der Waals surface area contributed by atoms with E-state index in [-0.39, 0.29) is 23.8 Å². The van der Waals surface area contributed by atoms with Crippen molar-refractivity contribution in [3.63, 3.8) is 0 Å². The number of carboxylic acids is 1. The summed E-state index contributed by atoms with van der Waals surface area (Å²) in [7, 11) is 0. The first-order valence-electron chi connectivity index (χ1n) is 7.78. The van der Waals surface area contributed by atoms with Crippen LogP contribution < -0.4 is 0 Å². The van der Waals surface area contributed by atoms with Gasteiger partial charge in [-0.1, -0.05) is 0 Å². The number of aliphatic carboxylic acids is 1. The van der Waals surface area contributed by atoms with E-state index in [0.717, 1.165) is 12.8 Å². The highest BCUT2D eigenvalue weighted by Gasteiger charge is 2.41. The van der Waals surface area contributed by atoms with Crippen molar-refractivity contribution in [1.29, 1.82) is 0 Å². The minimum absolute atomic E-state index is 0.0324. The van der Waals surface area contributed by atoms with Crippen LogP contribution in [0.25, 0.3) is 0 Å². The Kier molecular flexibility index (Phi) is 3.96. The topological polar surface area (TPSA) is 66.8 Å². The number of carboxylic acid groups (broad SMARTS) is 1. The van der Waals surface area contributed by atoms with E-state index in [1.54, 1.807) is 0 Å². The maximum absolute atomic E-state index is 12.7. The van der Waals surface area contributed by atoms with Gasteiger partial charge in [0.25, 0.3) is 0 Å². The molecule has 112 valence electrons. The van der Waals surface area contributed by atoms with Crippen molar-refractivity contribution in [2.45, 2.75) is 44.6 Å². The fourth-order valence-electron chi connectivity index (χ4n) is 3.59. The van der Waals surface area contributed by atoms with Gasteiger partial charge in [-0.15, -0.1) is 0 Å². The second-order valence-corrected chi connectivity index (χ2v) is 6.40. The van der Waals surface area contributed by atoms with Crippen molar-refractivity contribution in [3.05, 3.63) is 0 Å². The highest BCUT2D eigenvalue weighted by Crippen LogP contribution is 2.38. The maximum Gasteiger partial charge on any atom is 0.306 e. The Morgan fingerprint density at radius 1 is 1.00 bits per heavy atom. The van der Waals surface area contributed by atoms with E-state index >= 15 is 0 Å². The van der Waals surface area contributed by atoms with E-state index in [9.17, 15) is 9.59 Å². The second kappa shape index (κ2) is 5.72. The van der Waals surface area contributed by atoms with Crippen LogP contribution in [0.15, 0.2) is 0 Å². The van der Waals surface area contributed by atoms with Gasteiger partial charge in [0.1, 0.15) is 0 Å². The highest BCUT2D eigenvalue weighted by molar-refractivity contribution is 5.80. The van der Waals surface area contributed by atoms with Gasteiger partial charge in [0.15, 0.2) is 0 Å². The lowest BCUT2D eigenvalue weighted by Gasteiger charge is -2.39. The third kappa shape index (κ3) is 2.82. The molecule has 0 bridgehead atoms. The Balaban J connectivity index is 1.59. The third-order valence-electron chi connectivity index (χ3n) is 5.04. The molecular formula is C15H23NO4. The monoisotopic (exact) mass is 281 g/mol. The number of nitrogens with zero attached hydrogens (tertiary/aromatic N) is 1. The van der Waals surface area contributed by atoms with Crippen LogP contribution in [0, 0.1) is 17.8 Å². The summed E-state index contributed by atoms with van der Waals surface area (Å²) in [6.45, 7) is 2.03. The Hall–Kier alpha value is -1.10. The highest BCUT2D eigenvalue weighted by atomic mass is 16.5. The molecule has 2 aliphatic carbocycles. The van der Waals surface area contributed by atoms with Gasteiger partial charge in [-0.2, -0.15) is 0 Å². The summed E-state index contributed by atoms with van der Waals surface area (Å²) >= 11 is 0. The third-order valence-corrected chi connectivity index (χ3v) is 5.04. The summed E-state index contributed by atoms with van der Waals surface area (Å²) in [5.41, 5.74) is 0. The second-order valence-electron chi connectivity index (χ2n) is 6.40. The SMILES string of the molecule is O=C(O)C1CCC(C(=O)N2CCOCC2C2CC2)CC1. The lowest BCUT2D eigenvalue weighted by atomic mass is 9.81. The predicted molar refractivity (Wildman–Crippen MR) is 72.1 cm³/mol. The average molecular weight is 281 g/mol. The summed E-state index contributed by atoms with van der Waals surface area (Å²) in [6, 6.07) is 0.272. The number of carbonyl (C=O) groups is 2. The molecule has 0 spiro atoms. The minimum Gasteiger partial charge on any atom is -0.481 e. The molecule has 3 aliphatic rings. The summed E-state index contributed by atoms with van der Waals surface area (Å²) in [6.07, 6.45) is 5.16. The molecule has 5 nitrogen and oxygen atoms in total. The molecule has 5 heteroatoms. The Morgan fingerprint density at radius 2 is 1.65 bits per heavy atom. The van der Waals surface area contributed by atoms with Crippen molar-refractivity contribution in [2.24, 2.45) is 17.8 Å². The van der Waals surface area contributed by atoms with Crippen LogP contribution in [0.2, 0.25) is 0 Å². The predicted octanol–water partition coefficient (Wildman–Crippen LogP) is 1.51. The molecule has 0 aromatic heterocycles. The summed E-state index contributed by atoms with van der Waals surface area (Å²) in [5.74, 6) is -0.0466. The molecule has 1 saturated heterocycles. The van der Waals surface area contributed by atoms with E-state index in [1.807, 2.05) is 4.90 Å². The lowest BCUT2D eigenvalue weighted by molar-refractivity contribution is -0.150. The minimum atomic E-state index is -0.710. The van der Waals surface area contributed by atoms with Crippen LogP contribution >= 0.6 is 0 Å². The zero-order chi connectivity index (χ0) is 14.1. The molecule has 1 N–H and O–H groups in total. The average Bonchev–Trinajstić information content (AvgIpc) is 3.31. The van der Waals surface area contributed by atoms with Crippen LogP contribution in [-0.4, -0.2) is 47.7 Å². The van der Waals surface area contributed by atoms with E-state index in [4.69, 9.17) is 9.84 Å². The number of hydrogen-bond acceptors (Lipinski definition) is 3. The summed E-state index contributed by atoms with van der Waals surface area (Å²) in [4.78, 5) is 25.7. The zero-order valence-electron chi connectivity index (χ0n) is 11.8. The van der Waals surface area contributed by atoms with Crippen molar-refractivity contribution in [3.8, 4) is 0 Å². The van der Waals surface area contributed by atoms with Crippen LogP contribution in [0.4, 0.5) is 0 Å². The van der Waals surface area contributed by atoms with Crippen LogP contribution in [0.5, 0.6) is 0 Å². The molecule has 0 radical (unpaired) electrons. The first-order chi connectivity index (χ1) is 9.66. The molecule has 0 aromatic carbocycles. The van der Waals surface area contributed by atoms with E-state index in [2.05, 4.69) is 0 Å². The molecule has 2 saturated carbocycles. The van der Waals surface area contributed by atoms with Gasteiger partial charge in [-0.25, -0.2) is 0 Å². The number of carbonyl (C=O) groups excluding carboxylic acids is 1. The number of rotatable bonds is 3. The van der Waals surface area contributed by atoms with Crippen LogP contribution in [-0.2, 0) is 14.3 Å². The first-order valence-corrected chi connectivity index (χ1v) is 7.78. The molecule has 1 aliphatic heterocycles. The smallest absolute Gasteiger partial charge is 0.306 e. The van der Waals surface area contributed by atoms with E-state index in [0.29, 0.717) is 38.5 Å². The Labute approximate surface area is 119 Å². The molecule has 0 aromatic rings. The molecular weight excluding hydrogens is 258 g/mol. The number of hydrogen-bond donors (Lipinski definition) is 1. The fraction of sp³-hybridized carbons (Fsp3) is 0.867. The van der Waals surface area contributed by atoms with Gasteiger partial charge in [-0.05, 0) is 44.4 Å². The van der Waals surface area contributed by atoms with Crippen molar-refractivity contribution in [1.82, 2.24) is 4.90 Å².